The second-order valence-corrected chi connectivity index (χ2v) is 5.80. The zero-order valence-electron chi connectivity index (χ0n) is 10.6. The van der Waals surface area contributed by atoms with Crippen LogP contribution < -0.4 is 15.6 Å². The van der Waals surface area contributed by atoms with Gasteiger partial charge in [-0.05, 0) is 30.7 Å². The lowest BCUT2D eigenvalue weighted by atomic mass is 10.2. The van der Waals surface area contributed by atoms with Crippen molar-refractivity contribution >= 4 is 15.7 Å². The van der Waals surface area contributed by atoms with Gasteiger partial charge in [-0.3, -0.25) is 0 Å². The van der Waals surface area contributed by atoms with Crippen LogP contribution in [0.3, 0.4) is 0 Å². The van der Waals surface area contributed by atoms with Gasteiger partial charge in [0.05, 0.1) is 10.6 Å². The van der Waals surface area contributed by atoms with E-state index in [1.165, 1.54) is 18.2 Å². The third kappa shape index (κ3) is 2.89. The topological polar surface area (TPSA) is 95.4 Å². The molecule has 0 aromatic heterocycles. The molecule has 0 radical (unpaired) electrons. The summed E-state index contributed by atoms with van der Waals surface area (Å²) in [6.45, 7) is 1.59. The number of rotatable bonds is 3. The van der Waals surface area contributed by atoms with Crippen molar-refractivity contribution in [1.29, 1.82) is 0 Å². The number of hydrogen-bond acceptors (Lipinski definition) is 4. The molecule has 7 heteroatoms. The molecule has 0 aliphatic heterocycles. The third-order valence-electron chi connectivity index (χ3n) is 2.69. The van der Waals surface area contributed by atoms with Crippen molar-refractivity contribution in [3.05, 3.63) is 47.8 Å². The molecular weight excluding hydrogens is 283 g/mol. The number of nitrogen functional groups attached to an aromatic ring is 1. The van der Waals surface area contributed by atoms with E-state index in [2.05, 4.69) is 0 Å². The molecule has 0 saturated heterocycles. The van der Waals surface area contributed by atoms with Gasteiger partial charge in [-0.15, -0.1) is 0 Å². The van der Waals surface area contributed by atoms with Crippen LogP contribution in [0, 0.1) is 12.7 Å². The fourth-order valence-electron chi connectivity index (χ4n) is 1.60. The van der Waals surface area contributed by atoms with Crippen LogP contribution in [0.25, 0.3) is 0 Å². The van der Waals surface area contributed by atoms with Crippen LogP contribution in [0.4, 0.5) is 10.1 Å². The van der Waals surface area contributed by atoms with Crippen molar-refractivity contribution in [2.45, 2.75) is 11.8 Å². The Hall–Kier alpha value is -2.12. The van der Waals surface area contributed by atoms with Gasteiger partial charge in [0.1, 0.15) is 0 Å². The highest BCUT2D eigenvalue weighted by molar-refractivity contribution is 7.89. The summed E-state index contributed by atoms with van der Waals surface area (Å²) in [7, 11) is -3.88. The molecule has 106 valence electrons. The number of ether oxygens (including phenoxy) is 1. The summed E-state index contributed by atoms with van der Waals surface area (Å²) in [6, 6.07) is 8.38. The lowest BCUT2D eigenvalue weighted by Crippen LogP contribution is -2.12. The third-order valence-corrected chi connectivity index (χ3v) is 3.60. The van der Waals surface area contributed by atoms with Crippen LogP contribution >= 0.6 is 0 Å². The van der Waals surface area contributed by atoms with Crippen molar-refractivity contribution < 1.29 is 17.5 Å². The SMILES string of the molecule is Cc1cccc(Oc2cc(S(N)(=O)=O)ccc2N)c1F. The fraction of sp³-hybridized carbons (Fsp3) is 0.0769. The van der Waals surface area contributed by atoms with E-state index in [1.54, 1.807) is 19.1 Å². The minimum atomic E-state index is -3.88. The van der Waals surface area contributed by atoms with Crippen molar-refractivity contribution in [2.24, 2.45) is 5.14 Å². The van der Waals surface area contributed by atoms with E-state index >= 15 is 0 Å². The van der Waals surface area contributed by atoms with Gasteiger partial charge in [0, 0.05) is 6.07 Å². The summed E-state index contributed by atoms with van der Waals surface area (Å²) in [5.74, 6) is -0.544. The molecule has 0 bridgehead atoms. The summed E-state index contributed by atoms with van der Waals surface area (Å²) < 4.78 is 41.7. The number of halogens is 1. The minimum absolute atomic E-state index is 0.0287. The smallest absolute Gasteiger partial charge is 0.238 e. The summed E-state index contributed by atoms with van der Waals surface area (Å²) >= 11 is 0. The van der Waals surface area contributed by atoms with Gasteiger partial charge in [0.25, 0.3) is 0 Å². The maximum absolute atomic E-state index is 13.8. The Balaban J connectivity index is 2.46. The first-order chi connectivity index (χ1) is 9.29. The van der Waals surface area contributed by atoms with Crippen LogP contribution in [-0.4, -0.2) is 8.42 Å². The first-order valence-electron chi connectivity index (χ1n) is 5.64. The van der Waals surface area contributed by atoms with Crippen LogP contribution in [0.15, 0.2) is 41.3 Å². The van der Waals surface area contributed by atoms with Crippen molar-refractivity contribution in [3.63, 3.8) is 0 Å². The first-order valence-corrected chi connectivity index (χ1v) is 7.19. The molecule has 2 rings (SSSR count). The molecule has 4 N–H and O–H groups in total. The maximum Gasteiger partial charge on any atom is 0.238 e. The molecule has 0 atom stereocenters. The van der Waals surface area contributed by atoms with Crippen molar-refractivity contribution in [1.82, 2.24) is 0 Å². The Morgan fingerprint density at radius 3 is 2.50 bits per heavy atom. The molecule has 2 aromatic rings. The zero-order valence-corrected chi connectivity index (χ0v) is 11.4. The molecule has 0 amide bonds. The molecule has 0 saturated carbocycles. The monoisotopic (exact) mass is 296 g/mol. The van der Waals surface area contributed by atoms with Gasteiger partial charge < -0.3 is 10.5 Å². The lowest BCUT2D eigenvalue weighted by molar-refractivity contribution is 0.440. The maximum atomic E-state index is 13.8. The van der Waals surface area contributed by atoms with E-state index in [-0.39, 0.29) is 22.1 Å². The quantitative estimate of drug-likeness (QED) is 0.848. The molecule has 0 spiro atoms. The Kier molecular flexibility index (Phi) is 3.65. The van der Waals surface area contributed by atoms with Gasteiger partial charge in [-0.1, -0.05) is 12.1 Å². The number of nitrogens with two attached hydrogens (primary N) is 2. The molecule has 5 nitrogen and oxygen atoms in total. The molecule has 0 fully saturated rings. The lowest BCUT2D eigenvalue weighted by Gasteiger charge is -2.11. The van der Waals surface area contributed by atoms with Crippen LogP contribution in [0.2, 0.25) is 0 Å². The summed E-state index contributed by atoms with van der Waals surface area (Å²) in [5.41, 5.74) is 6.27. The highest BCUT2D eigenvalue weighted by atomic mass is 32.2. The Bertz CT molecular complexity index is 760. The normalized spacial score (nSPS) is 11.3. The van der Waals surface area contributed by atoms with Crippen molar-refractivity contribution in [3.8, 4) is 11.5 Å². The molecule has 0 heterocycles. The summed E-state index contributed by atoms with van der Waals surface area (Å²) in [4.78, 5) is -0.158. The van der Waals surface area contributed by atoms with Gasteiger partial charge in [-0.25, -0.2) is 17.9 Å². The van der Waals surface area contributed by atoms with Crippen LogP contribution in [0.5, 0.6) is 11.5 Å². The standard InChI is InChI=1S/C13H13FN2O3S/c1-8-3-2-4-11(13(8)14)19-12-7-9(20(16,17)18)5-6-10(12)15/h2-7H,15H2,1H3,(H2,16,17,18). The first kappa shape index (κ1) is 14.3. The molecule has 0 aliphatic carbocycles. The van der Waals surface area contributed by atoms with Gasteiger partial charge in [0.2, 0.25) is 10.0 Å². The van der Waals surface area contributed by atoms with E-state index in [1.807, 2.05) is 0 Å². The Morgan fingerprint density at radius 2 is 1.85 bits per heavy atom. The molecule has 0 unspecified atom stereocenters. The predicted molar refractivity (Wildman–Crippen MR) is 73.4 cm³/mol. The largest absolute Gasteiger partial charge is 0.452 e. The van der Waals surface area contributed by atoms with E-state index < -0.39 is 15.8 Å². The second-order valence-electron chi connectivity index (χ2n) is 4.23. The number of primary sulfonamides is 1. The van der Waals surface area contributed by atoms with E-state index in [0.717, 1.165) is 6.07 Å². The molecule has 0 aliphatic rings. The van der Waals surface area contributed by atoms with E-state index in [0.29, 0.717) is 5.56 Å². The predicted octanol–water partition coefficient (Wildman–Crippen LogP) is 2.16. The minimum Gasteiger partial charge on any atom is -0.452 e. The Labute approximate surface area is 116 Å². The molecule has 2 aromatic carbocycles. The highest BCUT2D eigenvalue weighted by Gasteiger charge is 2.13. The van der Waals surface area contributed by atoms with Gasteiger partial charge >= 0.3 is 0 Å². The van der Waals surface area contributed by atoms with E-state index in [4.69, 9.17) is 15.6 Å². The average Bonchev–Trinajstić information content (AvgIpc) is 2.36. The van der Waals surface area contributed by atoms with Crippen LogP contribution in [-0.2, 0) is 10.0 Å². The van der Waals surface area contributed by atoms with E-state index in [9.17, 15) is 12.8 Å². The number of benzene rings is 2. The number of sulfonamides is 1. The number of anilines is 1. The van der Waals surface area contributed by atoms with Crippen LogP contribution in [0.1, 0.15) is 5.56 Å². The second kappa shape index (κ2) is 5.10. The average molecular weight is 296 g/mol. The Morgan fingerprint density at radius 1 is 1.15 bits per heavy atom. The van der Waals surface area contributed by atoms with Gasteiger partial charge in [-0.2, -0.15) is 0 Å². The number of aryl methyl sites for hydroxylation is 1. The molecular formula is C13H13FN2O3S. The van der Waals surface area contributed by atoms with Crippen molar-refractivity contribution in [2.75, 3.05) is 5.73 Å². The van der Waals surface area contributed by atoms with Gasteiger partial charge in [0.15, 0.2) is 17.3 Å². The number of hydrogen-bond donors (Lipinski definition) is 2. The zero-order chi connectivity index (χ0) is 14.9. The summed E-state index contributed by atoms with van der Waals surface area (Å²) in [5, 5.41) is 5.02. The molecule has 20 heavy (non-hydrogen) atoms. The summed E-state index contributed by atoms with van der Waals surface area (Å²) in [6.07, 6.45) is 0. The highest BCUT2D eigenvalue weighted by Crippen LogP contribution is 2.31. The fourth-order valence-corrected chi connectivity index (χ4v) is 2.13.